The van der Waals surface area contributed by atoms with Gasteiger partial charge in [0, 0.05) is 5.41 Å². The van der Waals surface area contributed by atoms with Crippen LogP contribution < -0.4 is 0 Å². The molecule has 0 saturated carbocycles. The van der Waals surface area contributed by atoms with Crippen LogP contribution in [0, 0.1) is 11.3 Å². The molecule has 114 valence electrons. The van der Waals surface area contributed by atoms with Gasteiger partial charge < -0.3 is 0 Å². The lowest BCUT2D eigenvalue weighted by molar-refractivity contribution is 0.382. The van der Waals surface area contributed by atoms with Crippen molar-refractivity contribution in [1.29, 1.82) is 0 Å². The Kier molecular flexibility index (Phi) is 3.89. The van der Waals surface area contributed by atoms with Crippen molar-refractivity contribution in [3.8, 4) is 0 Å². The van der Waals surface area contributed by atoms with Gasteiger partial charge in [-0.05, 0) is 24.0 Å². The van der Waals surface area contributed by atoms with E-state index < -0.39 is 14.9 Å². The Balaban J connectivity index is 2.57. The molecule has 0 aromatic rings. The Morgan fingerprint density at radius 2 is 1.62 bits per heavy atom. The van der Waals surface area contributed by atoms with E-state index in [0.717, 1.165) is 11.1 Å². The van der Waals surface area contributed by atoms with Crippen molar-refractivity contribution in [2.24, 2.45) is 11.3 Å². The van der Waals surface area contributed by atoms with Crippen LogP contribution in [0.5, 0.6) is 0 Å². The minimum atomic E-state index is -4.19. The lowest BCUT2D eigenvalue weighted by Crippen LogP contribution is -2.29. The highest BCUT2D eigenvalue weighted by Crippen LogP contribution is 2.37. The Morgan fingerprint density at radius 3 is 2.14 bits per heavy atom. The minimum absolute atomic E-state index is 0.0927. The van der Waals surface area contributed by atoms with Crippen LogP contribution in [0.1, 0.15) is 27.7 Å². The molecule has 0 aromatic heterocycles. The molecule has 0 aliphatic heterocycles. The summed E-state index contributed by atoms with van der Waals surface area (Å²) in [6, 6.07) is 0. The second-order valence-electron chi connectivity index (χ2n) is 6.43. The van der Waals surface area contributed by atoms with E-state index in [-0.39, 0.29) is 5.41 Å². The predicted octanol–water partition coefficient (Wildman–Crippen LogP) is 3.84. The van der Waals surface area contributed by atoms with Gasteiger partial charge in [0.05, 0.1) is 0 Å². The van der Waals surface area contributed by atoms with Gasteiger partial charge in [-0.15, -0.1) is 0 Å². The summed E-state index contributed by atoms with van der Waals surface area (Å²) in [5.41, 5.74) is 1.82. The highest BCUT2D eigenvalue weighted by Gasteiger charge is 2.34. The Hall–Kier alpha value is -1.39. The lowest BCUT2D eigenvalue weighted by Gasteiger charge is -2.27. The van der Waals surface area contributed by atoms with Crippen LogP contribution in [0.4, 0.5) is 0 Å². The lowest BCUT2D eigenvalue weighted by atomic mass is 9.77. The molecule has 0 bridgehead atoms. The van der Waals surface area contributed by atoms with Crippen LogP contribution >= 0.6 is 0 Å². The summed E-state index contributed by atoms with van der Waals surface area (Å²) in [7, 11) is -4.19. The maximum atomic E-state index is 11.6. The summed E-state index contributed by atoms with van der Waals surface area (Å²) in [4.78, 5) is 0. The zero-order valence-corrected chi connectivity index (χ0v) is 13.7. The topological polar surface area (TPSA) is 54.4 Å². The Labute approximate surface area is 127 Å². The van der Waals surface area contributed by atoms with Crippen molar-refractivity contribution in [1.82, 2.24) is 0 Å². The molecule has 2 rings (SSSR count). The van der Waals surface area contributed by atoms with Gasteiger partial charge in [0.25, 0.3) is 10.1 Å². The van der Waals surface area contributed by atoms with E-state index in [2.05, 4.69) is 32.9 Å². The number of hydrogen-bond acceptors (Lipinski definition) is 2. The molecule has 1 N–H and O–H groups in total. The first-order valence-corrected chi connectivity index (χ1v) is 8.50. The Morgan fingerprint density at radius 1 is 1.05 bits per heavy atom. The smallest absolute Gasteiger partial charge is 0.277 e. The van der Waals surface area contributed by atoms with Gasteiger partial charge in [-0.2, -0.15) is 8.42 Å². The van der Waals surface area contributed by atoms with Gasteiger partial charge in [0.15, 0.2) is 0 Å². The molecule has 0 aromatic carbocycles. The third kappa shape index (κ3) is 2.97. The molecule has 0 heterocycles. The molecule has 0 spiro atoms. The van der Waals surface area contributed by atoms with Crippen LogP contribution in [-0.2, 0) is 10.1 Å². The molecule has 21 heavy (non-hydrogen) atoms. The molecule has 0 saturated heterocycles. The van der Waals surface area contributed by atoms with E-state index in [0.29, 0.717) is 5.92 Å². The van der Waals surface area contributed by atoms with Crippen LogP contribution in [-0.4, -0.2) is 17.7 Å². The van der Waals surface area contributed by atoms with Gasteiger partial charge in [-0.1, -0.05) is 69.4 Å². The van der Waals surface area contributed by atoms with Crippen molar-refractivity contribution >= 4 is 10.1 Å². The second kappa shape index (κ2) is 5.11. The van der Waals surface area contributed by atoms with Gasteiger partial charge in [-0.3, -0.25) is 4.55 Å². The number of rotatable bonds is 2. The molecule has 2 aliphatic carbocycles. The summed E-state index contributed by atoms with van der Waals surface area (Å²) in [6.07, 6.45) is 14.9. The number of hydrogen-bond donors (Lipinski definition) is 1. The fraction of sp³-hybridized carbons (Fsp3) is 0.412. The van der Waals surface area contributed by atoms with Gasteiger partial charge >= 0.3 is 0 Å². The second-order valence-corrected chi connectivity index (χ2v) is 8.26. The average Bonchev–Trinajstić information content (AvgIpc) is 2.61. The van der Waals surface area contributed by atoms with Gasteiger partial charge in [0.2, 0.25) is 0 Å². The molecule has 0 fully saturated rings. The van der Waals surface area contributed by atoms with Crippen molar-refractivity contribution in [3.63, 3.8) is 0 Å². The van der Waals surface area contributed by atoms with Crippen LogP contribution in [0.3, 0.4) is 0 Å². The molecular formula is C17H22O3S. The minimum Gasteiger partial charge on any atom is -0.285 e. The predicted molar refractivity (Wildman–Crippen MR) is 86.5 cm³/mol. The van der Waals surface area contributed by atoms with Crippen molar-refractivity contribution < 1.29 is 13.0 Å². The quantitative estimate of drug-likeness (QED) is 0.789. The monoisotopic (exact) mass is 306 g/mol. The highest BCUT2D eigenvalue weighted by molar-refractivity contribution is 7.87. The van der Waals surface area contributed by atoms with E-state index in [4.69, 9.17) is 0 Å². The third-order valence-electron chi connectivity index (χ3n) is 4.52. The summed E-state index contributed by atoms with van der Waals surface area (Å²) in [5.74, 6) is 0.419. The number of allylic oxidation sites excluding steroid dienone is 8. The molecule has 2 aliphatic rings. The van der Waals surface area contributed by atoms with Crippen LogP contribution in [0.15, 0.2) is 59.8 Å². The standard InChI is InChI=1S/C17H22O3S/c1-13(2)16(3)9-5-6-14-7-10-17(4,21(18,19)20)11-8-15(14)12-16/h5-13H,1-4H3,(H,18,19,20). The SMILES string of the molecule is CC(C)C1(C)C=CC=C2C=CC(C)(S(=O)(=O)O)C=CC2=C1. The molecular weight excluding hydrogens is 284 g/mol. The van der Waals surface area contributed by atoms with E-state index in [9.17, 15) is 13.0 Å². The molecule has 2 atom stereocenters. The third-order valence-corrected chi connectivity index (χ3v) is 5.90. The van der Waals surface area contributed by atoms with E-state index in [1.165, 1.54) is 19.1 Å². The van der Waals surface area contributed by atoms with Crippen LogP contribution in [0.2, 0.25) is 0 Å². The van der Waals surface area contributed by atoms with E-state index >= 15 is 0 Å². The Bertz CT molecular complexity index is 690. The fourth-order valence-corrected chi connectivity index (χ4v) is 2.80. The fourth-order valence-electron chi connectivity index (χ4n) is 2.32. The summed E-state index contributed by atoms with van der Waals surface area (Å²) in [6.45, 7) is 7.96. The number of fused-ring (bicyclic) bond motifs is 1. The maximum absolute atomic E-state index is 11.6. The molecule has 0 radical (unpaired) electrons. The van der Waals surface area contributed by atoms with Crippen molar-refractivity contribution in [2.45, 2.75) is 32.4 Å². The normalized spacial score (nSPS) is 32.3. The summed E-state index contributed by atoms with van der Waals surface area (Å²) < 4.78 is 31.2. The van der Waals surface area contributed by atoms with Gasteiger partial charge in [-0.25, -0.2) is 0 Å². The zero-order valence-electron chi connectivity index (χ0n) is 12.9. The van der Waals surface area contributed by atoms with Gasteiger partial charge in [0.1, 0.15) is 4.75 Å². The maximum Gasteiger partial charge on any atom is 0.277 e. The average molecular weight is 306 g/mol. The first-order valence-electron chi connectivity index (χ1n) is 7.06. The van der Waals surface area contributed by atoms with E-state index in [1.54, 1.807) is 12.2 Å². The van der Waals surface area contributed by atoms with E-state index in [1.807, 2.05) is 12.2 Å². The van der Waals surface area contributed by atoms with Crippen molar-refractivity contribution in [3.05, 3.63) is 59.8 Å². The summed E-state index contributed by atoms with van der Waals surface area (Å²) >= 11 is 0. The summed E-state index contributed by atoms with van der Waals surface area (Å²) in [5, 5.41) is 0. The first kappa shape index (κ1) is 16.0. The molecule has 4 heteroatoms. The first-order chi connectivity index (χ1) is 9.57. The van der Waals surface area contributed by atoms with Crippen molar-refractivity contribution in [2.75, 3.05) is 0 Å². The molecule has 0 amide bonds. The van der Waals surface area contributed by atoms with Crippen LogP contribution in [0.25, 0.3) is 0 Å². The highest BCUT2D eigenvalue weighted by atomic mass is 32.2. The largest absolute Gasteiger partial charge is 0.285 e. The molecule has 3 nitrogen and oxygen atoms in total. The zero-order chi connectivity index (χ0) is 15.9. The molecule has 2 unspecified atom stereocenters.